The van der Waals surface area contributed by atoms with Crippen LogP contribution in [-0.2, 0) is 13.1 Å². The van der Waals surface area contributed by atoms with Crippen molar-refractivity contribution in [1.82, 2.24) is 5.32 Å². The van der Waals surface area contributed by atoms with Crippen molar-refractivity contribution < 1.29 is 4.79 Å². The summed E-state index contributed by atoms with van der Waals surface area (Å²) in [4.78, 5) is 12.0. The highest BCUT2D eigenvalue weighted by molar-refractivity contribution is 14.1. The molecule has 4 heteroatoms. The molecule has 0 spiro atoms. The molecule has 0 fully saturated rings. The summed E-state index contributed by atoms with van der Waals surface area (Å²) in [5, 5.41) is 2.92. The number of nitrogens with two attached hydrogens (primary N) is 1. The van der Waals surface area contributed by atoms with E-state index in [0.29, 0.717) is 18.7 Å². The molecule has 2 rings (SSSR count). The molecule has 0 aliphatic carbocycles. The number of amides is 1. The van der Waals surface area contributed by atoms with Gasteiger partial charge in [0.05, 0.1) is 0 Å². The largest absolute Gasteiger partial charge is 0.348 e. The normalized spacial score (nSPS) is 10.2. The number of nitrogens with one attached hydrogen (secondary N) is 1. The average Bonchev–Trinajstić information content (AvgIpc) is 2.45. The number of benzene rings is 2. The van der Waals surface area contributed by atoms with Crippen molar-refractivity contribution in [3.8, 4) is 0 Å². The predicted molar refractivity (Wildman–Crippen MR) is 84.7 cm³/mol. The Morgan fingerprint density at radius 2 is 1.84 bits per heavy atom. The molecule has 0 saturated heterocycles. The van der Waals surface area contributed by atoms with Gasteiger partial charge in [-0.1, -0.05) is 30.3 Å². The lowest BCUT2D eigenvalue weighted by Gasteiger charge is -2.09. The van der Waals surface area contributed by atoms with Crippen molar-refractivity contribution in [2.75, 3.05) is 0 Å². The van der Waals surface area contributed by atoms with Gasteiger partial charge < -0.3 is 11.1 Å². The van der Waals surface area contributed by atoms with Gasteiger partial charge in [0.25, 0.3) is 5.91 Å². The Kier molecular flexibility index (Phi) is 4.93. The molecule has 0 atom stereocenters. The van der Waals surface area contributed by atoms with Crippen molar-refractivity contribution in [2.24, 2.45) is 5.73 Å². The smallest absolute Gasteiger partial charge is 0.251 e. The summed E-state index contributed by atoms with van der Waals surface area (Å²) in [5.41, 5.74) is 8.47. The molecular weight excluding hydrogens is 351 g/mol. The SMILES string of the molecule is NCc1ccccc1CNC(=O)c1cccc(I)c1. The number of halogens is 1. The number of carbonyl (C=O) groups excluding carboxylic acids is 1. The summed E-state index contributed by atoms with van der Waals surface area (Å²) in [6, 6.07) is 15.4. The monoisotopic (exact) mass is 366 g/mol. The molecule has 0 aliphatic heterocycles. The van der Waals surface area contributed by atoms with E-state index in [1.54, 1.807) is 0 Å². The Balaban J connectivity index is 2.04. The zero-order chi connectivity index (χ0) is 13.7. The van der Waals surface area contributed by atoms with E-state index in [1.807, 2.05) is 48.5 Å². The van der Waals surface area contributed by atoms with Crippen LogP contribution in [0.15, 0.2) is 48.5 Å². The van der Waals surface area contributed by atoms with E-state index in [9.17, 15) is 4.79 Å². The second-order valence-corrected chi connectivity index (χ2v) is 5.41. The van der Waals surface area contributed by atoms with Crippen LogP contribution in [0.4, 0.5) is 0 Å². The zero-order valence-corrected chi connectivity index (χ0v) is 12.6. The first-order chi connectivity index (χ1) is 9.20. The van der Waals surface area contributed by atoms with Crippen LogP contribution in [0, 0.1) is 3.57 Å². The molecule has 3 N–H and O–H groups in total. The van der Waals surface area contributed by atoms with E-state index in [0.717, 1.165) is 14.7 Å². The quantitative estimate of drug-likeness (QED) is 0.818. The van der Waals surface area contributed by atoms with E-state index in [4.69, 9.17) is 5.73 Å². The van der Waals surface area contributed by atoms with Crippen LogP contribution in [0.5, 0.6) is 0 Å². The molecule has 98 valence electrons. The molecule has 0 radical (unpaired) electrons. The number of hydrogen-bond donors (Lipinski definition) is 2. The maximum absolute atomic E-state index is 12.0. The minimum atomic E-state index is -0.0645. The van der Waals surface area contributed by atoms with Gasteiger partial charge in [-0.15, -0.1) is 0 Å². The summed E-state index contributed by atoms with van der Waals surface area (Å²) in [5.74, 6) is -0.0645. The maximum atomic E-state index is 12.0. The minimum Gasteiger partial charge on any atom is -0.348 e. The van der Waals surface area contributed by atoms with Gasteiger partial charge in [-0.3, -0.25) is 4.79 Å². The number of hydrogen-bond acceptors (Lipinski definition) is 2. The summed E-state index contributed by atoms with van der Waals surface area (Å²) in [6.45, 7) is 0.979. The number of rotatable bonds is 4. The van der Waals surface area contributed by atoms with E-state index in [1.165, 1.54) is 0 Å². The van der Waals surface area contributed by atoms with Crippen molar-refractivity contribution in [3.63, 3.8) is 0 Å². The minimum absolute atomic E-state index is 0.0645. The van der Waals surface area contributed by atoms with Crippen molar-refractivity contribution >= 4 is 28.5 Å². The average molecular weight is 366 g/mol. The molecule has 1 amide bonds. The molecule has 0 aliphatic rings. The standard InChI is InChI=1S/C15H15IN2O/c16-14-7-3-6-11(8-14)15(19)18-10-13-5-2-1-4-12(13)9-17/h1-8H,9-10,17H2,(H,18,19). The lowest BCUT2D eigenvalue weighted by Crippen LogP contribution is -2.23. The van der Waals surface area contributed by atoms with Crippen molar-refractivity contribution in [3.05, 3.63) is 68.8 Å². The lowest BCUT2D eigenvalue weighted by molar-refractivity contribution is 0.0951. The van der Waals surface area contributed by atoms with Crippen LogP contribution in [0.2, 0.25) is 0 Å². The third-order valence-electron chi connectivity index (χ3n) is 2.86. The lowest BCUT2D eigenvalue weighted by atomic mass is 10.1. The third kappa shape index (κ3) is 3.78. The Morgan fingerprint density at radius 1 is 1.11 bits per heavy atom. The molecule has 0 saturated carbocycles. The first-order valence-electron chi connectivity index (χ1n) is 6.01. The molecule has 3 nitrogen and oxygen atoms in total. The summed E-state index contributed by atoms with van der Waals surface area (Å²) >= 11 is 2.19. The van der Waals surface area contributed by atoms with Crippen LogP contribution in [0.25, 0.3) is 0 Å². The molecule has 0 unspecified atom stereocenters. The highest BCUT2D eigenvalue weighted by Gasteiger charge is 2.06. The van der Waals surface area contributed by atoms with Gasteiger partial charge >= 0.3 is 0 Å². The van der Waals surface area contributed by atoms with Gasteiger partial charge in [0.1, 0.15) is 0 Å². The van der Waals surface area contributed by atoms with Gasteiger partial charge in [-0.25, -0.2) is 0 Å². The fraction of sp³-hybridized carbons (Fsp3) is 0.133. The van der Waals surface area contributed by atoms with Crippen molar-refractivity contribution in [2.45, 2.75) is 13.1 Å². The Hall–Kier alpha value is -1.40. The fourth-order valence-electron chi connectivity index (χ4n) is 1.84. The Labute approximate surface area is 126 Å². The van der Waals surface area contributed by atoms with Gasteiger partial charge in [0.2, 0.25) is 0 Å². The Bertz CT molecular complexity index is 584. The summed E-state index contributed by atoms with van der Waals surface area (Å²) in [6.07, 6.45) is 0. The summed E-state index contributed by atoms with van der Waals surface area (Å²) < 4.78 is 1.05. The predicted octanol–water partition coefficient (Wildman–Crippen LogP) is 2.68. The molecule has 0 aromatic heterocycles. The second kappa shape index (κ2) is 6.68. The highest BCUT2D eigenvalue weighted by atomic mass is 127. The second-order valence-electron chi connectivity index (χ2n) is 4.17. The molecule has 0 bridgehead atoms. The first-order valence-corrected chi connectivity index (χ1v) is 7.09. The summed E-state index contributed by atoms with van der Waals surface area (Å²) in [7, 11) is 0. The van der Waals surface area contributed by atoms with Crippen LogP contribution in [0.3, 0.4) is 0 Å². The van der Waals surface area contributed by atoms with Gasteiger partial charge in [0, 0.05) is 22.2 Å². The Morgan fingerprint density at radius 3 is 2.53 bits per heavy atom. The van der Waals surface area contributed by atoms with Crippen LogP contribution < -0.4 is 11.1 Å². The molecule has 2 aromatic rings. The van der Waals surface area contributed by atoms with Gasteiger partial charge in [-0.05, 0) is 51.9 Å². The highest BCUT2D eigenvalue weighted by Crippen LogP contribution is 2.10. The van der Waals surface area contributed by atoms with Gasteiger partial charge in [0.15, 0.2) is 0 Å². The van der Waals surface area contributed by atoms with Crippen LogP contribution >= 0.6 is 22.6 Å². The first kappa shape index (κ1) is 14.0. The molecular formula is C15H15IN2O. The molecule has 2 aromatic carbocycles. The van der Waals surface area contributed by atoms with Crippen LogP contribution in [-0.4, -0.2) is 5.91 Å². The van der Waals surface area contributed by atoms with Gasteiger partial charge in [-0.2, -0.15) is 0 Å². The van der Waals surface area contributed by atoms with E-state index in [2.05, 4.69) is 27.9 Å². The van der Waals surface area contributed by atoms with E-state index < -0.39 is 0 Å². The van der Waals surface area contributed by atoms with Crippen LogP contribution in [0.1, 0.15) is 21.5 Å². The zero-order valence-electron chi connectivity index (χ0n) is 10.4. The molecule has 0 heterocycles. The number of carbonyl (C=O) groups is 1. The topological polar surface area (TPSA) is 55.1 Å². The fourth-order valence-corrected chi connectivity index (χ4v) is 2.38. The van der Waals surface area contributed by atoms with E-state index >= 15 is 0 Å². The molecule has 19 heavy (non-hydrogen) atoms. The maximum Gasteiger partial charge on any atom is 0.251 e. The third-order valence-corrected chi connectivity index (χ3v) is 3.54. The van der Waals surface area contributed by atoms with E-state index in [-0.39, 0.29) is 5.91 Å². The van der Waals surface area contributed by atoms with Crippen molar-refractivity contribution in [1.29, 1.82) is 0 Å².